The lowest BCUT2D eigenvalue weighted by Gasteiger charge is -2.17. The molecular weight excluding hydrogens is 428 g/mol. The lowest BCUT2D eigenvalue weighted by atomic mass is 9.97. The molecule has 0 spiro atoms. The molecule has 2 aromatic carbocycles. The number of ether oxygens (including phenoxy) is 1. The predicted molar refractivity (Wildman–Crippen MR) is 115 cm³/mol. The predicted octanol–water partition coefficient (Wildman–Crippen LogP) is 6.24. The summed E-state index contributed by atoms with van der Waals surface area (Å²) in [7, 11) is 0. The van der Waals surface area contributed by atoms with Gasteiger partial charge in [0, 0.05) is 11.8 Å². The standard InChI is InChI=1S/C22H16Cl2FN3O2/c1-22(2,3)20(29)30-12-8-11-6-4-5-7-13(11)14(9-12)17-16(25)18-15(10-26-17)19(23)28-21(24)27-18/h4-10H,1-3H3. The van der Waals surface area contributed by atoms with Crippen molar-refractivity contribution in [3.63, 3.8) is 0 Å². The maximum atomic E-state index is 15.4. The zero-order valence-corrected chi connectivity index (χ0v) is 17.8. The molecular formula is C22H16Cl2FN3O2. The van der Waals surface area contributed by atoms with Gasteiger partial charge in [0.05, 0.1) is 10.8 Å². The van der Waals surface area contributed by atoms with Gasteiger partial charge in [0.15, 0.2) is 5.82 Å². The molecule has 2 heterocycles. The Morgan fingerprint density at radius 3 is 2.53 bits per heavy atom. The highest BCUT2D eigenvalue weighted by Crippen LogP contribution is 2.36. The van der Waals surface area contributed by atoms with Crippen LogP contribution in [0.25, 0.3) is 32.9 Å². The van der Waals surface area contributed by atoms with Crippen LogP contribution in [0.5, 0.6) is 5.75 Å². The van der Waals surface area contributed by atoms with Gasteiger partial charge in [-0.15, -0.1) is 0 Å². The molecule has 0 atom stereocenters. The number of pyridine rings is 1. The van der Waals surface area contributed by atoms with E-state index in [1.807, 2.05) is 24.3 Å². The normalized spacial score (nSPS) is 11.8. The molecule has 0 radical (unpaired) electrons. The molecule has 0 N–H and O–H groups in total. The Kier molecular flexibility index (Phi) is 5.08. The third-order valence-corrected chi connectivity index (χ3v) is 4.98. The van der Waals surface area contributed by atoms with Crippen molar-refractivity contribution in [2.24, 2.45) is 5.41 Å². The Morgan fingerprint density at radius 2 is 1.80 bits per heavy atom. The molecule has 30 heavy (non-hydrogen) atoms. The molecule has 2 aromatic heterocycles. The van der Waals surface area contributed by atoms with Crippen LogP contribution in [0.1, 0.15) is 20.8 Å². The van der Waals surface area contributed by atoms with Crippen LogP contribution >= 0.6 is 23.2 Å². The van der Waals surface area contributed by atoms with E-state index in [2.05, 4.69) is 15.0 Å². The minimum absolute atomic E-state index is 0.0145. The molecule has 4 aromatic rings. The van der Waals surface area contributed by atoms with Crippen molar-refractivity contribution in [3.8, 4) is 17.0 Å². The SMILES string of the molecule is CC(C)(C)C(=O)Oc1cc(-c2ncc3c(Cl)nc(Cl)nc3c2F)c2ccccc2c1. The van der Waals surface area contributed by atoms with Crippen LogP contribution in [0.2, 0.25) is 10.4 Å². The van der Waals surface area contributed by atoms with Gasteiger partial charge in [-0.05, 0) is 55.3 Å². The summed E-state index contributed by atoms with van der Waals surface area (Å²) < 4.78 is 21.0. The summed E-state index contributed by atoms with van der Waals surface area (Å²) in [4.78, 5) is 24.4. The van der Waals surface area contributed by atoms with E-state index < -0.39 is 17.2 Å². The fourth-order valence-electron chi connectivity index (χ4n) is 2.98. The van der Waals surface area contributed by atoms with E-state index in [4.69, 9.17) is 27.9 Å². The smallest absolute Gasteiger partial charge is 0.316 e. The third-order valence-electron chi connectivity index (χ3n) is 4.52. The molecule has 8 heteroatoms. The highest BCUT2D eigenvalue weighted by molar-refractivity contribution is 6.35. The maximum Gasteiger partial charge on any atom is 0.316 e. The zero-order valence-electron chi connectivity index (χ0n) is 16.3. The molecule has 0 fully saturated rings. The van der Waals surface area contributed by atoms with Crippen molar-refractivity contribution in [1.29, 1.82) is 0 Å². The number of hydrogen-bond acceptors (Lipinski definition) is 5. The summed E-state index contributed by atoms with van der Waals surface area (Å²) in [6.45, 7) is 5.28. The van der Waals surface area contributed by atoms with Crippen LogP contribution in [0.3, 0.4) is 0 Å². The Bertz CT molecular complexity index is 1320. The van der Waals surface area contributed by atoms with E-state index in [0.29, 0.717) is 11.3 Å². The Labute approximate surface area is 181 Å². The largest absolute Gasteiger partial charge is 0.426 e. The monoisotopic (exact) mass is 443 g/mol. The average Bonchev–Trinajstić information content (AvgIpc) is 2.67. The van der Waals surface area contributed by atoms with E-state index in [1.54, 1.807) is 32.9 Å². The van der Waals surface area contributed by atoms with Crippen LogP contribution in [0.4, 0.5) is 4.39 Å². The molecule has 0 bridgehead atoms. The van der Waals surface area contributed by atoms with E-state index in [-0.39, 0.29) is 27.0 Å². The number of rotatable bonds is 2. The van der Waals surface area contributed by atoms with Crippen molar-refractivity contribution in [2.75, 3.05) is 0 Å². The molecule has 0 aliphatic heterocycles. The molecule has 0 saturated carbocycles. The molecule has 5 nitrogen and oxygen atoms in total. The topological polar surface area (TPSA) is 65.0 Å². The highest BCUT2D eigenvalue weighted by Gasteiger charge is 2.25. The minimum atomic E-state index is -0.692. The summed E-state index contributed by atoms with van der Waals surface area (Å²) in [6, 6.07) is 10.7. The second kappa shape index (κ2) is 7.45. The van der Waals surface area contributed by atoms with Crippen molar-refractivity contribution in [2.45, 2.75) is 20.8 Å². The first-order valence-corrected chi connectivity index (χ1v) is 9.83. The van der Waals surface area contributed by atoms with Crippen LogP contribution in [-0.4, -0.2) is 20.9 Å². The molecule has 0 unspecified atom stereocenters. The van der Waals surface area contributed by atoms with Gasteiger partial charge in [0.2, 0.25) is 5.28 Å². The summed E-state index contributed by atoms with van der Waals surface area (Å²) in [5, 5.41) is 1.61. The Hall–Kier alpha value is -2.83. The second-order valence-corrected chi connectivity index (χ2v) is 8.49. The zero-order chi connectivity index (χ0) is 21.6. The van der Waals surface area contributed by atoms with Crippen molar-refractivity contribution in [1.82, 2.24) is 15.0 Å². The maximum absolute atomic E-state index is 15.4. The van der Waals surface area contributed by atoms with Gasteiger partial charge in [0.25, 0.3) is 0 Å². The van der Waals surface area contributed by atoms with Gasteiger partial charge in [0.1, 0.15) is 22.1 Å². The number of benzene rings is 2. The van der Waals surface area contributed by atoms with E-state index in [1.165, 1.54) is 6.20 Å². The first-order valence-electron chi connectivity index (χ1n) is 9.08. The van der Waals surface area contributed by atoms with Gasteiger partial charge in [-0.3, -0.25) is 9.78 Å². The minimum Gasteiger partial charge on any atom is -0.426 e. The van der Waals surface area contributed by atoms with E-state index in [9.17, 15) is 4.79 Å². The van der Waals surface area contributed by atoms with Crippen LogP contribution in [0.15, 0.2) is 42.6 Å². The van der Waals surface area contributed by atoms with Crippen molar-refractivity contribution in [3.05, 3.63) is 58.8 Å². The van der Waals surface area contributed by atoms with Gasteiger partial charge in [-0.1, -0.05) is 35.9 Å². The fraction of sp³-hybridized carbons (Fsp3) is 0.182. The van der Waals surface area contributed by atoms with Gasteiger partial charge in [-0.2, -0.15) is 0 Å². The second-order valence-electron chi connectivity index (χ2n) is 7.80. The van der Waals surface area contributed by atoms with Gasteiger partial charge >= 0.3 is 5.97 Å². The van der Waals surface area contributed by atoms with Gasteiger partial charge < -0.3 is 4.74 Å². The summed E-state index contributed by atoms with van der Waals surface area (Å²) in [5.74, 6) is -0.797. The third kappa shape index (κ3) is 3.68. The summed E-state index contributed by atoms with van der Waals surface area (Å²) in [6.07, 6.45) is 1.40. The number of carbonyl (C=O) groups excluding carboxylic acids is 1. The highest BCUT2D eigenvalue weighted by atomic mass is 35.5. The Morgan fingerprint density at radius 1 is 1.07 bits per heavy atom. The number of nitrogens with zero attached hydrogens (tertiary/aromatic N) is 3. The summed E-state index contributed by atoms with van der Waals surface area (Å²) >= 11 is 11.9. The molecule has 4 rings (SSSR count). The molecule has 0 amide bonds. The number of halogens is 3. The lowest BCUT2D eigenvalue weighted by molar-refractivity contribution is -0.142. The molecule has 0 saturated heterocycles. The number of esters is 1. The molecule has 0 aliphatic rings. The van der Waals surface area contributed by atoms with E-state index in [0.717, 1.165) is 10.8 Å². The first kappa shape index (κ1) is 20.4. The van der Waals surface area contributed by atoms with E-state index >= 15 is 4.39 Å². The Balaban J connectivity index is 1.96. The number of fused-ring (bicyclic) bond motifs is 2. The first-order chi connectivity index (χ1) is 14.1. The van der Waals surface area contributed by atoms with Crippen LogP contribution in [0, 0.1) is 11.2 Å². The quantitative estimate of drug-likeness (QED) is 0.158. The average molecular weight is 444 g/mol. The molecule has 152 valence electrons. The molecule has 0 aliphatic carbocycles. The fourth-order valence-corrected chi connectivity index (χ4v) is 3.41. The van der Waals surface area contributed by atoms with Crippen molar-refractivity contribution < 1.29 is 13.9 Å². The lowest BCUT2D eigenvalue weighted by Crippen LogP contribution is -2.25. The number of hydrogen-bond donors (Lipinski definition) is 0. The number of carbonyl (C=O) groups is 1. The van der Waals surface area contributed by atoms with Crippen LogP contribution in [-0.2, 0) is 4.79 Å². The number of aromatic nitrogens is 3. The van der Waals surface area contributed by atoms with Crippen LogP contribution < -0.4 is 4.74 Å². The van der Waals surface area contributed by atoms with Gasteiger partial charge in [-0.25, -0.2) is 14.4 Å². The summed E-state index contributed by atoms with van der Waals surface area (Å²) in [5.41, 5.74) is -0.234. The van der Waals surface area contributed by atoms with Crippen molar-refractivity contribution >= 4 is 50.8 Å².